The fourth-order valence-electron chi connectivity index (χ4n) is 4.45. The number of anilines is 2. The summed E-state index contributed by atoms with van der Waals surface area (Å²) in [5.74, 6) is 1.62. The van der Waals surface area contributed by atoms with Crippen molar-refractivity contribution in [2.45, 2.75) is 6.92 Å². The summed E-state index contributed by atoms with van der Waals surface area (Å²) in [6.45, 7) is 4.97. The molecule has 0 amide bonds. The van der Waals surface area contributed by atoms with Gasteiger partial charge in [-0.15, -0.1) is 0 Å². The standard InChI is InChI=1S/C19H21FN6O/c1-11-16(20)17(27)23-18(21-11)25-7-12-9-26(10-13(12)8-25)19-22-14-5-3-4-6-15(14)24(19)2/h3-6,12-13H,7-10H2,1-2H3,(H,21,23,27). The SMILES string of the molecule is Cc1nc(N2CC3CN(c4nc5ccccc5n4C)CC3C2)[nH]c(=O)c1F. The molecular weight excluding hydrogens is 347 g/mol. The van der Waals surface area contributed by atoms with Gasteiger partial charge in [0.05, 0.1) is 16.7 Å². The molecule has 4 heterocycles. The third-order valence-corrected chi connectivity index (χ3v) is 5.85. The summed E-state index contributed by atoms with van der Waals surface area (Å²) in [6, 6.07) is 8.16. The number of H-pyrrole nitrogens is 1. The topological polar surface area (TPSA) is 70.1 Å². The molecule has 1 aromatic carbocycles. The minimum atomic E-state index is -0.800. The number of aryl methyl sites for hydroxylation is 2. The quantitative estimate of drug-likeness (QED) is 0.745. The lowest BCUT2D eigenvalue weighted by Gasteiger charge is -2.23. The molecule has 2 aliphatic heterocycles. The minimum Gasteiger partial charge on any atom is -0.342 e. The van der Waals surface area contributed by atoms with Gasteiger partial charge >= 0.3 is 0 Å². The number of para-hydroxylation sites is 2. The zero-order valence-corrected chi connectivity index (χ0v) is 15.3. The molecule has 3 aromatic rings. The van der Waals surface area contributed by atoms with Crippen LogP contribution in [0.2, 0.25) is 0 Å². The average molecular weight is 368 g/mol. The van der Waals surface area contributed by atoms with Crippen LogP contribution in [-0.2, 0) is 7.05 Å². The van der Waals surface area contributed by atoms with Crippen LogP contribution in [0.3, 0.4) is 0 Å². The van der Waals surface area contributed by atoms with E-state index in [1.165, 1.54) is 6.92 Å². The molecule has 0 saturated carbocycles. The highest BCUT2D eigenvalue weighted by Gasteiger charge is 2.42. The van der Waals surface area contributed by atoms with E-state index in [2.05, 4.69) is 37.4 Å². The third-order valence-electron chi connectivity index (χ3n) is 5.85. The Balaban J connectivity index is 1.36. The number of nitrogens with zero attached hydrogens (tertiary/aromatic N) is 5. The van der Waals surface area contributed by atoms with Gasteiger partial charge in [0.1, 0.15) is 0 Å². The summed E-state index contributed by atoms with van der Waals surface area (Å²) < 4.78 is 15.7. The van der Waals surface area contributed by atoms with Crippen LogP contribution in [0.1, 0.15) is 5.69 Å². The van der Waals surface area contributed by atoms with E-state index in [1.807, 2.05) is 18.2 Å². The summed E-state index contributed by atoms with van der Waals surface area (Å²) in [5.41, 5.74) is 1.59. The van der Waals surface area contributed by atoms with Crippen molar-refractivity contribution < 1.29 is 4.39 Å². The summed E-state index contributed by atoms with van der Waals surface area (Å²) in [4.78, 5) is 27.7. The molecule has 2 fully saturated rings. The molecule has 2 saturated heterocycles. The first-order valence-electron chi connectivity index (χ1n) is 9.19. The van der Waals surface area contributed by atoms with Crippen LogP contribution in [-0.4, -0.2) is 45.7 Å². The monoisotopic (exact) mass is 368 g/mol. The normalized spacial score (nSPS) is 22.0. The molecule has 0 radical (unpaired) electrons. The van der Waals surface area contributed by atoms with Crippen molar-refractivity contribution in [1.29, 1.82) is 0 Å². The zero-order chi connectivity index (χ0) is 18.7. The number of rotatable bonds is 2. The van der Waals surface area contributed by atoms with Crippen molar-refractivity contribution in [3.05, 3.63) is 46.1 Å². The summed E-state index contributed by atoms with van der Waals surface area (Å²) >= 11 is 0. The maximum Gasteiger partial charge on any atom is 0.288 e. The Morgan fingerprint density at radius 2 is 1.74 bits per heavy atom. The van der Waals surface area contributed by atoms with Gasteiger partial charge in [0, 0.05) is 45.1 Å². The first-order valence-corrected chi connectivity index (χ1v) is 9.19. The molecule has 1 N–H and O–H groups in total. The molecule has 0 bridgehead atoms. The first-order chi connectivity index (χ1) is 13.0. The van der Waals surface area contributed by atoms with Gasteiger partial charge in [-0.3, -0.25) is 9.78 Å². The largest absolute Gasteiger partial charge is 0.342 e. The molecule has 2 atom stereocenters. The molecule has 0 aliphatic carbocycles. The summed E-state index contributed by atoms with van der Waals surface area (Å²) in [7, 11) is 2.06. The third kappa shape index (κ3) is 2.50. The van der Waals surface area contributed by atoms with Crippen LogP contribution in [0.25, 0.3) is 11.0 Å². The highest BCUT2D eigenvalue weighted by molar-refractivity contribution is 5.78. The number of fused-ring (bicyclic) bond motifs is 2. The average Bonchev–Trinajstić information content (AvgIpc) is 3.31. The van der Waals surface area contributed by atoms with E-state index >= 15 is 0 Å². The number of imidazole rings is 1. The number of hydrogen-bond donors (Lipinski definition) is 1. The Bertz CT molecular complexity index is 1080. The predicted octanol–water partition coefficient (Wildman–Crippen LogP) is 1.68. The van der Waals surface area contributed by atoms with E-state index < -0.39 is 11.4 Å². The maximum absolute atomic E-state index is 13.6. The van der Waals surface area contributed by atoms with Gasteiger partial charge in [-0.05, 0) is 19.1 Å². The van der Waals surface area contributed by atoms with Crippen LogP contribution in [0, 0.1) is 24.6 Å². The zero-order valence-electron chi connectivity index (χ0n) is 15.3. The van der Waals surface area contributed by atoms with Gasteiger partial charge in [-0.25, -0.2) is 9.97 Å². The van der Waals surface area contributed by atoms with Crippen molar-refractivity contribution in [1.82, 2.24) is 19.5 Å². The molecule has 2 aromatic heterocycles. The Morgan fingerprint density at radius 3 is 2.41 bits per heavy atom. The van der Waals surface area contributed by atoms with Gasteiger partial charge in [0.25, 0.3) is 5.56 Å². The van der Waals surface area contributed by atoms with Gasteiger partial charge < -0.3 is 14.4 Å². The summed E-state index contributed by atoms with van der Waals surface area (Å²) in [5, 5.41) is 0. The maximum atomic E-state index is 13.6. The lowest BCUT2D eigenvalue weighted by Crippen LogP contribution is -2.32. The molecule has 2 unspecified atom stereocenters. The molecule has 7 nitrogen and oxygen atoms in total. The van der Waals surface area contributed by atoms with Gasteiger partial charge in [-0.1, -0.05) is 12.1 Å². The smallest absolute Gasteiger partial charge is 0.288 e. The Labute approximate surface area is 155 Å². The van der Waals surface area contributed by atoms with Crippen molar-refractivity contribution in [2.75, 3.05) is 36.0 Å². The molecule has 5 rings (SSSR count). The van der Waals surface area contributed by atoms with Crippen LogP contribution >= 0.6 is 0 Å². The molecule has 2 aliphatic rings. The van der Waals surface area contributed by atoms with Gasteiger partial charge in [0.15, 0.2) is 0 Å². The van der Waals surface area contributed by atoms with E-state index in [9.17, 15) is 9.18 Å². The summed E-state index contributed by atoms with van der Waals surface area (Å²) in [6.07, 6.45) is 0. The highest BCUT2D eigenvalue weighted by atomic mass is 19.1. The van der Waals surface area contributed by atoms with E-state index in [0.29, 0.717) is 17.8 Å². The number of hydrogen-bond acceptors (Lipinski definition) is 5. The van der Waals surface area contributed by atoms with E-state index in [4.69, 9.17) is 4.98 Å². The number of aromatic amines is 1. The lowest BCUT2D eigenvalue weighted by molar-refractivity contribution is 0.533. The van der Waals surface area contributed by atoms with Crippen LogP contribution in [0.5, 0.6) is 0 Å². The second-order valence-electron chi connectivity index (χ2n) is 7.58. The van der Waals surface area contributed by atoms with Gasteiger partial charge in [-0.2, -0.15) is 4.39 Å². The second kappa shape index (κ2) is 5.80. The highest BCUT2D eigenvalue weighted by Crippen LogP contribution is 2.35. The van der Waals surface area contributed by atoms with Crippen molar-refractivity contribution >= 4 is 22.9 Å². The number of benzene rings is 1. The number of aromatic nitrogens is 4. The fourth-order valence-corrected chi connectivity index (χ4v) is 4.45. The molecule has 140 valence electrons. The Morgan fingerprint density at radius 1 is 1.07 bits per heavy atom. The first kappa shape index (κ1) is 16.3. The Kier molecular flexibility index (Phi) is 3.50. The second-order valence-corrected chi connectivity index (χ2v) is 7.58. The van der Waals surface area contributed by atoms with Crippen molar-refractivity contribution in [3.8, 4) is 0 Å². The molecule has 8 heteroatoms. The predicted molar refractivity (Wildman–Crippen MR) is 102 cm³/mol. The molecule has 27 heavy (non-hydrogen) atoms. The van der Waals surface area contributed by atoms with E-state index in [-0.39, 0.29) is 5.69 Å². The molecular formula is C19H21FN6O. The minimum absolute atomic E-state index is 0.145. The fraction of sp³-hybridized carbons (Fsp3) is 0.421. The molecule has 0 spiro atoms. The number of nitrogens with one attached hydrogen (secondary N) is 1. The van der Waals surface area contributed by atoms with Crippen LogP contribution < -0.4 is 15.4 Å². The Hall–Kier alpha value is -2.90. The van der Waals surface area contributed by atoms with E-state index in [0.717, 1.165) is 43.2 Å². The van der Waals surface area contributed by atoms with Crippen LogP contribution in [0.15, 0.2) is 29.1 Å². The van der Waals surface area contributed by atoms with Crippen molar-refractivity contribution in [3.63, 3.8) is 0 Å². The van der Waals surface area contributed by atoms with E-state index in [1.54, 1.807) is 0 Å². The lowest BCUT2D eigenvalue weighted by atomic mass is 10.0. The van der Waals surface area contributed by atoms with Crippen LogP contribution in [0.4, 0.5) is 16.3 Å². The number of halogens is 1. The van der Waals surface area contributed by atoms with Gasteiger partial charge in [0.2, 0.25) is 17.7 Å². The van der Waals surface area contributed by atoms with Crippen molar-refractivity contribution in [2.24, 2.45) is 18.9 Å².